The summed E-state index contributed by atoms with van der Waals surface area (Å²) in [6, 6.07) is 14.5. The third kappa shape index (κ3) is 5.44. The van der Waals surface area contributed by atoms with Crippen LogP contribution in [0.1, 0.15) is 130 Å². The summed E-state index contributed by atoms with van der Waals surface area (Å²) in [5.41, 5.74) is 9.05. The molecule has 2 aromatic rings. The summed E-state index contributed by atoms with van der Waals surface area (Å²) < 4.78 is 0. The molecule has 2 aromatic carbocycles. The van der Waals surface area contributed by atoms with Gasteiger partial charge in [-0.2, -0.15) is 0 Å². The Bertz CT molecular complexity index is 926. The first kappa shape index (κ1) is 25.7. The molecule has 172 valence electrons. The first-order chi connectivity index (χ1) is 13.7. The van der Waals surface area contributed by atoms with E-state index in [9.17, 15) is 0 Å². The number of benzene rings is 2. The lowest BCUT2D eigenvalue weighted by molar-refractivity contribution is 0.521. The molecule has 0 aliphatic carbocycles. The molecular weight excluding hydrogens is 372 g/mol. The number of hydrogen-bond donors (Lipinski definition) is 0. The van der Waals surface area contributed by atoms with Gasteiger partial charge in [-0.1, -0.05) is 133 Å². The van der Waals surface area contributed by atoms with E-state index in [1.165, 1.54) is 33.4 Å². The van der Waals surface area contributed by atoms with Crippen LogP contribution in [0.25, 0.3) is 0 Å². The van der Waals surface area contributed by atoms with E-state index in [0.717, 1.165) is 0 Å². The predicted octanol–water partition coefficient (Wildman–Crippen LogP) is 9.20. The largest absolute Gasteiger partial charge is 0.0582 e. The number of hydrogen-bond acceptors (Lipinski definition) is 0. The first-order valence-electron chi connectivity index (χ1n) is 12.0. The van der Waals surface area contributed by atoms with Crippen molar-refractivity contribution in [2.24, 2.45) is 0 Å². The molecule has 0 nitrogen and oxygen atoms in total. The van der Waals surface area contributed by atoms with Gasteiger partial charge in [0.1, 0.15) is 0 Å². The average Bonchev–Trinajstić information content (AvgIpc) is 2.57. The van der Waals surface area contributed by atoms with E-state index in [1.807, 2.05) is 0 Å². The van der Waals surface area contributed by atoms with Gasteiger partial charge in [-0.15, -0.1) is 0 Å². The zero-order valence-corrected chi connectivity index (χ0v) is 23.0. The van der Waals surface area contributed by atoms with Crippen molar-refractivity contribution in [1.82, 2.24) is 0 Å². The minimum atomic E-state index is -0.0740. The highest BCUT2D eigenvalue weighted by molar-refractivity contribution is 5.50. The highest BCUT2D eigenvalue weighted by Gasteiger charge is 2.33. The molecule has 31 heavy (non-hydrogen) atoms. The Morgan fingerprint density at radius 1 is 0.355 bits per heavy atom. The van der Waals surface area contributed by atoms with Crippen molar-refractivity contribution in [3.8, 4) is 0 Å². The molecular formula is C31H48. The van der Waals surface area contributed by atoms with Gasteiger partial charge < -0.3 is 0 Å². The van der Waals surface area contributed by atoms with Crippen molar-refractivity contribution in [3.63, 3.8) is 0 Å². The molecule has 0 amide bonds. The van der Waals surface area contributed by atoms with Gasteiger partial charge in [0.15, 0.2) is 0 Å². The Hall–Kier alpha value is -1.56. The van der Waals surface area contributed by atoms with Crippen LogP contribution in [0, 0.1) is 0 Å². The highest BCUT2D eigenvalue weighted by atomic mass is 14.4. The molecule has 0 aliphatic heterocycles. The van der Waals surface area contributed by atoms with Crippen LogP contribution in [-0.2, 0) is 27.1 Å². The third-order valence-corrected chi connectivity index (χ3v) is 6.72. The molecule has 0 heteroatoms. The Kier molecular flexibility index (Phi) is 6.46. The van der Waals surface area contributed by atoms with Crippen molar-refractivity contribution in [2.75, 3.05) is 0 Å². The van der Waals surface area contributed by atoms with Crippen molar-refractivity contribution >= 4 is 0 Å². The molecule has 0 aromatic heterocycles. The van der Waals surface area contributed by atoms with Crippen molar-refractivity contribution in [1.29, 1.82) is 0 Å². The first-order valence-corrected chi connectivity index (χ1v) is 12.0. The van der Waals surface area contributed by atoms with E-state index >= 15 is 0 Å². The maximum atomic E-state index is 2.49. The molecule has 0 fully saturated rings. The molecule has 0 saturated carbocycles. The smallest absolute Gasteiger partial charge is 0.0149 e. The standard InChI is InChI=1S/C31H48/c1-27(2,3)21-15-18-24(26(19-21)30(10,11)12)31(13,14)22-16-17-23(28(4,5)6)25(20-22)29(7,8)9/h15-20H,1-14H3. The van der Waals surface area contributed by atoms with Gasteiger partial charge in [0, 0.05) is 5.41 Å². The molecule has 0 radical (unpaired) electrons. The predicted molar refractivity (Wildman–Crippen MR) is 140 cm³/mol. The lowest BCUT2D eigenvalue weighted by Crippen LogP contribution is -2.28. The number of rotatable bonds is 2. The maximum absolute atomic E-state index is 2.49. The van der Waals surface area contributed by atoms with Crippen LogP contribution in [0.4, 0.5) is 0 Å². The highest BCUT2D eigenvalue weighted by Crippen LogP contribution is 2.43. The molecule has 2 rings (SSSR count). The van der Waals surface area contributed by atoms with Crippen molar-refractivity contribution in [2.45, 2.75) is 124 Å². The van der Waals surface area contributed by atoms with Crippen molar-refractivity contribution in [3.05, 3.63) is 69.8 Å². The summed E-state index contributed by atoms with van der Waals surface area (Å²) in [6.45, 7) is 32.7. The summed E-state index contributed by atoms with van der Waals surface area (Å²) in [5.74, 6) is 0. The zero-order chi connectivity index (χ0) is 24.2. The van der Waals surface area contributed by atoms with Gasteiger partial charge >= 0.3 is 0 Å². The van der Waals surface area contributed by atoms with Crippen LogP contribution in [0.15, 0.2) is 36.4 Å². The van der Waals surface area contributed by atoms with Gasteiger partial charge in [0.2, 0.25) is 0 Å². The fraction of sp³-hybridized carbons (Fsp3) is 0.613. The van der Waals surface area contributed by atoms with E-state index in [4.69, 9.17) is 0 Å². The van der Waals surface area contributed by atoms with Gasteiger partial charge in [-0.25, -0.2) is 0 Å². The second-order valence-corrected chi connectivity index (χ2v) is 14.1. The summed E-state index contributed by atoms with van der Waals surface area (Å²) in [5, 5.41) is 0. The lowest BCUT2D eigenvalue weighted by Gasteiger charge is -2.37. The average molecular weight is 421 g/mol. The molecule has 0 spiro atoms. The van der Waals surface area contributed by atoms with Crippen molar-refractivity contribution < 1.29 is 0 Å². The molecule has 0 saturated heterocycles. The molecule has 0 atom stereocenters. The quantitative estimate of drug-likeness (QED) is 0.454. The Morgan fingerprint density at radius 3 is 1.13 bits per heavy atom. The second-order valence-electron chi connectivity index (χ2n) is 14.1. The minimum absolute atomic E-state index is 0.0740. The summed E-state index contributed by atoms with van der Waals surface area (Å²) in [7, 11) is 0. The van der Waals surface area contributed by atoms with Gasteiger partial charge in [-0.3, -0.25) is 0 Å². The fourth-order valence-corrected chi connectivity index (χ4v) is 4.54. The Labute approximate surface area is 193 Å². The van der Waals surface area contributed by atoms with E-state index in [0.29, 0.717) is 0 Å². The van der Waals surface area contributed by atoms with Crippen LogP contribution in [0.2, 0.25) is 0 Å². The van der Waals surface area contributed by atoms with Crippen LogP contribution in [0.3, 0.4) is 0 Å². The van der Waals surface area contributed by atoms with E-state index in [1.54, 1.807) is 0 Å². The van der Waals surface area contributed by atoms with Gasteiger partial charge in [0.25, 0.3) is 0 Å². The second kappa shape index (κ2) is 7.79. The maximum Gasteiger partial charge on any atom is 0.0149 e. The van der Waals surface area contributed by atoms with E-state index in [2.05, 4.69) is 133 Å². The van der Waals surface area contributed by atoms with Gasteiger partial charge in [0.05, 0.1) is 0 Å². The summed E-state index contributed by atoms with van der Waals surface area (Å²) >= 11 is 0. The Balaban J connectivity index is 2.78. The summed E-state index contributed by atoms with van der Waals surface area (Å²) in [4.78, 5) is 0. The minimum Gasteiger partial charge on any atom is -0.0582 e. The van der Waals surface area contributed by atoms with Gasteiger partial charge in [-0.05, 0) is 55.0 Å². The molecule has 0 aliphatic rings. The van der Waals surface area contributed by atoms with Crippen LogP contribution >= 0.6 is 0 Å². The Morgan fingerprint density at radius 2 is 0.710 bits per heavy atom. The monoisotopic (exact) mass is 420 g/mol. The third-order valence-electron chi connectivity index (χ3n) is 6.72. The van der Waals surface area contributed by atoms with Crippen LogP contribution < -0.4 is 0 Å². The normalized spacial score (nSPS) is 14.1. The molecule has 0 bridgehead atoms. The van der Waals surface area contributed by atoms with E-state index in [-0.39, 0.29) is 27.1 Å². The summed E-state index contributed by atoms with van der Waals surface area (Å²) in [6.07, 6.45) is 0. The lowest BCUT2D eigenvalue weighted by atomic mass is 9.67. The van der Waals surface area contributed by atoms with Crippen LogP contribution in [-0.4, -0.2) is 0 Å². The fourth-order valence-electron chi connectivity index (χ4n) is 4.54. The molecule has 0 unspecified atom stereocenters. The molecule has 0 N–H and O–H groups in total. The topological polar surface area (TPSA) is 0 Å². The SMILES string of the molecule is CC(C)(C)c1ccc(C(C)(C)c2ccc(C(C)(C)C)c(C(C)(C)C)c2)c(C(C)(C)C)c1. The van der Waals surface area contributed by atoms with Crippen LogP contribution in [0.5, 0.6) is 0 Å². The zero-order valence-electron chi connectivity index (χ0n) is 23.0. The van der Waals surface area contributed by atoms with E-state index < -0.39 is 0 Å². The molecule has 0 heterocycles.